The van der Waals surface area contributed by atoms with Gasteiger partial charge in [-0.1, -0.05) is 36.9 Å². The van der Waals surface area contributed by atoms with E-state index in [0.717, 1.165) is 11.7 Å². The first-order valence-corrected chi connectivity index (χ1v) is 5.17. The van der Waals surface area contributed by atoms with E-state index >= 15 is 0 Å². The molecule has 14 heavy (non-hydrogen) atoms. The summed E-state index contributed by atoms with van der Waals surface area (Å²) in [6.45, 7) is 3.70. The van der Waals surface area contributed by atoms with Gasteiger partial charge in [-0.05, 0) is 12.8 Å². The summed E-state index contributed by atoms with van der Waals surface area (Å²) in [5.74, 6) is 0. The van der Waals surface area contributed by atoms with Crippen molar-refractivity contribution in [3.05, 3.63) is 23.0 Å². The number of allylic oxidation sites excluding steroid dienone is 4. The lowest BCUT2D eigenvalue weighted by molar-refractivity contribution is -0.127. The van der Waals surface area contributed by atoms with Crippen LogP contribution in [0.1, 0.15) is 33.1 Å². The van der Waals surface area contributed by atoms with Crippen LogP contribution in [0.4, 0.5) is 13.2 Å². The van der Waals surface area contributed by atoms with Crippen LogP contribution in [0.25, 0.3) is 0 Å². The molecule has 0 saturated carbocycles. The van der Waals surface area contributed by atoms with E-state index in [4.69, 9.17) is 0 Å². The predicted octanol–water partition coefficient (Wildman–Crippen LogP) is 4.44. The van der Waals surface area contributed by atoms with Gasteiger partial charge in [-0.3, -0.25) is 0 Å². The van der Waals surface area contributed by atoms with Crippen LogP contribution in [-0.2, 0) is 0 Å². The first-order chi connectivity index (χ1) is 6.39. The average molecular weight is 224 g/mol. The Kier molecular flexibility index (Phi) is 6.10. The first-order valence-electron chi connectivity index (χ1n) is 4.59. The zero-order valence-corrected chi connectivity index (χ0v) is 9.64. The number of alkyl halides is 3. The maximum absolute atomic E-state index is 12.0. The van der Waals surface area contributed by atoms with Crippen molar-refractivity contribution in [2.24, 2.45) is 0 Å². The van der Waals surface area contributed by atoms with E-state index in [2.05, 4.69) is 9.24 Å². The Morgan fingerprint density at radius 3 is 2.07 bits per heavy atom. The fraction of sp³-hybridized carbons (Fsp3) is 0.600. The molecule has 82 valence electrons. The molecule has 0 aromatic heterocycles. The van der Waals surface area contributed by atoms with Crippen molar-refractivity contribution < 1.29 is 13.2 Å². The van der Waals surface area contributed by atoms with Gasteiger partial charge in [-0.2, -0.15) is 13.2 Å². The fourth-order valence-corrected chi connectivity index (χ4v) is 0.998. The summed E-state index contributed by atoms with van der Waals surface area (Å²) in [6, 6.07) is 0. The largest absolute Gasteiger partial charge is 0.392 e. The average Bonchev–Trinajstić information content (AvgIpc) is 2.09. The van der Waals surface area contributed by atoms with Gasteiger partial charge >= 0.3 is 6.18 Å². The highest BCUT2D eigenvalue weighted by atomic mass is 31.0. The van der Waals surface area contributed by atoms with Crippen molar-refractivity contribution in [1.29, 1.82) is 0 Å². The minimum atomic E-state index is -4.09. The standard InChI is InChI=1S/C10H16F3P/c1-3-8(7-10(11,12)13)5-6-9(14)4-2/h5-6H,3-4,7,14H2,1-2H3/b8-5-,9-6+. The third-order valence-corrected chi connectivity index (χ3v) is 2.42. The minimum absolute atomic E-state index is 0.422. The topological polar surface area (TPSA) is 0 Å². The number of halogens is 3. The number of hydrogen-bond acceptors (Lipinski definition) is 0. The SMILES string of the molecule is CC/C(=C/C=C(/P)CC)CC(F)(F)F. The van der Waals surface area contributed by atoms with Crippen molar-refractivity contribution in [2.45, 2.75) is 39.3 Å². The molecule has 0 aliphatic carbocycles. The summed E-state index contributed by atoms with van der Waals surface area (Å²) < 4.78 is 36.1. The molecule has 0 rings (SSSR count). The van der Waals surface area contributed by atoms with Crippen LogP contribution in [0.3, 0.4) is 0 Å². The molecule has 0 amide bonds. The highest BCUT2D eigenvalue weighted by Crippen LogP contribution is 2.26. The van der Waals surface area contributed by atoms with Gasteiger partial charge in [0.05, 0.1) is 6.42 Å². The van der Waals surface area contributed by atoms with E-state index in [1.165, 1.54) is 0 Å². The molecule has 0 aromatic rings. The fourth-order valence-electron chi connectivity index (χ4n) is 0.902. The Bertz CT molecular complexity index is 226. The van der Waals surface area contributed by atoms with E-state index in [0.29, 0.717) is 12.0 Å². The predicted molar refractivity (Wildman–Crippen MR) is 57.1 cm³/mol. The lowest BCUT2D eigenvalue weighted by Crippen LogP contribution is -2.08. The van der Waals surface area contributed by atoms with Gasteiger partial charge in [0.1, 0.15) is 0 Å². The summed E-state index contributed by atoms with van der Waals surface area (Å²) in [5, 5.41) is 1.01. The Morgan fingerprint density at radius 1 is 1.14 bits per heavy atom. The molecule has 0 N–H and O–H groups in total. The molecule has 0 bridgehead atoms. The van der Waals surface area contributed by atoms with E-state index in [-0.39, 0.29) is 0 Å². The molecular formula is C10H16F3P. The molecular weight excluding hydrogens is 208 g/mol. The second-order valence-electron chi connectivity index (χ2n) is 3.07. The van der Waals surface area contributed by atoms with Crippen LogP contribution >= 0.6 is 9.24 Å². The molecule has 0 aromatic carbocycles. The van der Waals surface area contributed by atoms with Gasteiger partial charge in [-0.25, -0.2) is 0 Å². The van der Waals surface area contributed by atoms with Crippen LogP contribution in [0, 0.1) is 0 Å². The zero-order chi connectivity index (χ0) is 11.2. The molecule has 0 spiro atoms. The molecule has 0 radical (unpaired) electrons. The van der Waals surface area contributed by atoms with Crippen LogP contribution in [0.15, 0.2) is 23.0 Å². The van der Waals surface area contributed by atoms with Gasteiger partial charge in [0.25, 0.3) is 0 Å². The zero-order valence-electron chi connectivity index (χ0n) is 8.49. The molecule has 1 unspecified atom stereocenters. The second kappa shape index (κ2) is 6.23. The number of hydrogen-bond donors (Lipinski definition) is 0. The maximum Gasteiger partial charge on any atom is 0.392 e. The molecule has 0 heterocycles. The Balaban J connectivity index is 4.41. The Hall–Kier alpha value is -0.300. The molecule has 1 atom stereocenters. The summed E-state index contributed by atoms with van der Waals surface area (Å²) in [4.78, 5) is 0. The second-order valence-corrected chi connectivity index (χ2v) is 3.81. The van der Waals surface area contributed by atoms with Crippen LogP contribution < -0.4 is 0 Å². The van der Waals surface area contributed by atoms with Crippen LogP contribution in [-0.4, -0.2) is 6.18 Å². The van der Waals surface area contributed by atoms with Crippen molar-refractivity contribution >= 4 is 9.24 Å². The van der Waals surface area contributed by atoms with Crippen molar-refractivity contribution in [1.82, 2.24) is 0 Å². The summed E-state index contributed by atoms with van der Waals surface area (Å²) in [5.41, 5.74) is 0.422. The molecule has 0 nitrogen and oxygen atoms in total. The molecule has 0 aliphatic rings. The quantitative estimate of drug-likeness (QED) is 0.489. The molecule has 4 heteroatoms. The summed E-state index contributed by atoms with van der Waals surface area (Å²) in [6.07, 6.45) is -0.318. The lowest BCUT2D eigenvalue weighted by Gasteiger charge is -2.07. The Morgan fingerprint density at radius 2 is 1.71 bits per heavy atom. The van der Waals surface area contributed by atoms with E-state index in [1.54, 1.807) is 19.1 Å². The Labute approximate surface area is 85.5 Å². The monoisotopic (exact) mass is 224 g/mol. The van der Waals surface area contributed by atoms with Gasteiger partial charge in [-0.15, -0.1) is 9.24 Å². The molecule has 0 fully saturated rings. The smallest absolute Gasteiger partial charge is 0.171 e. The molecule has 0 saturated heterocycles. The molecule has 0 aliphatic heterocycles. The maximum atomic E-state index is 12.0. The first kappa shape index (κ1) is 13.7. The summed E-state index contributed by atoms with van der Waals surface area (Å²) in [7, 11) is 2.51. The number of rotatable bonds is 4. The highest BCUT2D eigenvalue weighted by molar-refractivity contribution is 7.22. The van der Waals surface area contributed by atoms with Crippen molar-refractivity contribution in [2.75, 3.05) is 0 Å². The third kappa shape index (κ3) is 7.14. The van der Waals surface area contributed by atoms with Gasteiger partial charge in [0, 0.05) is 0 Å². The van der Waals surface area contributed by atoms with E-state index in [1.807, 2.05) is 6.92 Å². The van der Waals surface area contributed by atoms with Crippen molar-refractivity contribution in [3.8, 4) is 0 Å². The van der Waals surface area contributed by atoms with E-state index in [9.17, 15) is 13.2 Å². The third-order valence-electron chi connectivity index (χ3n) is 1.82. The van der Waals surface area contributed by atoms with E-state index < -0.39 is 12.6 Å². The lowest BCUT2D eigenvalue weighted by atomic mass is 10.1. The van der Waals surface area contributed by atoms with Gasteiger partial charge in [0.2, 0.25) is 0 Å². The minimum Gasteiger partial charge on any atom is -0.171 e. The normalized spacial score (nSPS) is 14.7. The summed E-state index contributed by atoms with van der Waals surface area (Å²) >= 11 is 0. The van der Waals surface area contributed by atoms with Crippen molar-refractivity contribution in [3.63, 3.8) is 0 Å². The van der Waals surface area contributed by atoms with Crippen LogP contribution in [0.5, 0.6) is 0 Å². The van der Waals surface area contributed by atoms with Gasteiger partial charge in [0.15, 0.2) is 0 Å². The highest BCUT2D eigenvalue weighted by Gasteiger charge is 2.27. The van der Waals surface area contributed by atoms with Gasteiger partial charge < -0.3 is 0 Å². The van der Waals surface area contributed by atoms with Crippen LogP contribution in [0.2, 0.25) is 0 Å².